The smallest absolute Gasteiger partial charge is 0.338 e. The van der Waals surface area contributed by atoms with Crippen LogP contribution in [0.1, 0.15) is 28.4 Å². The first-order valence-corrected chi connectivity index (χ1v) is 10.2. The molecule has 0 aliphatic rings. The molecule has 0 saturated carbocycles. The first kappa shape index (κ1) is 22.6. The van der Waals surface area contributed by atoms with Crippen LogP contribution in [0.2, 0.25) is 0 Å². The summed E-state index contributed by atoms with van der Waals surface area (Å²) in [6.45, 7) is 2.35. The topological polar surface area (TPSA) is 102 Å². The van der Waals surface area contributed by atoms with Crippen molar-refractivity contribution in [2.45, 2.75) is 26.1 Å². The molecular formula is C25H25N3O4. The van der Waals surface area contributed by atoms with E-state index in [-0.39, 0.29) is 11.5 Å². The third kappa shape index (κ3) is 6.43. The second-order valence-corrected chi connectivity index (χ2v) is 7.28. The van der Waals surface area contributed by atoms with Gasteiger partial charge in [-0.15, -0.1) is 0 Å². The van der Waals surface area contributed by atoms with Crippen LogP contribution in [0.5, 0.6) is 0 Å². The summed E-state index contributed by atoms with van der Waals surface area (Å²) in [4.78, 5) is 38.3. The van der Waals surface area contributed by atoms with Gasteiger partial charge in [-0.1, -0.05) is 60.7 Å². The molecule has 0 aliphatic carbocycles. The molecule has 0 radical (unpaired) electrons. The van der Waals surface area contributed by atoms with Crippen molar-refractivity contribution in [3.05, 3.63) is 102 Å². The van der Waals surface area contributed by atoms with Gasteiger partial charge in [-0.25, -0.2) is 9.59 Å². The van der Waals surface area contributed by atoms with E-state index >= 15 is 0 Å². The van der Waals surface area contributed by atoms with E-state index in [1.807, 2.05) is 60.7 Å². The number of anilines is 1. The number of nitrogens with one attached hydrogen (secondary N) is 1. The molecule has 1 atom stereocenters. The highest BCUT2D eigenvalue weighted by atomic mass is 16.5. The van der Waals surface area contributed by atoms with Gasteiger partial charge in [0.25, 0.3) is 5.91 Å². The molecule has 32 heavy (non-hydrogen) atoms. The van der Waals surface area contributed by atoms with Gasteiger partial charge in [-0.3, -0.25) is 4.79 Å². The van der Waals surface area contributed by atoms with Gasteiger partial charge < -0.3 is 20.7 Å². The number of rotatable bonds is 8. The minimum atomic E-state index is -0.974. The van der Waals surface area contributed by atoms with Crippen LogP contribution in [0.15, 0.2) is 84.9 Å². The Balaban J connectivity index is 1.70. The SMILES string of the molecule is C[C@H](OC(=O)c1ccc(NC(N)=O)cc1)C(=O)N(Cc1ccccc1)Cc1ccccc1. The van der Waals surface area contributed by atoms with Crippen LogP contribution in [-0.2, 0) is 22.6 Å². The highest BCUT2D eigenvalue weighted by Crippen LogP contribution is 2.15. The Morgan fingerprint density at radius 1 is 0.844 bits per heavy atom. The second-order valence-electron chi connectivity index (χ2n) is 7.28. The number of nitrogens with zero attached hydrogens (tertiary/aromatic N) is 1. The van der Waals surface area contributed by atoms with Crippen molar-refractivity contribution in [1.82, 2.24) is 4.90 Å². The monoisotopic (exact) mass is 431 g/mol. The molecule has 3 rings (SSSR count). The standard InChI is InChI=1S/C25H25N3O4/c1-18(32-24(30)21-12-14-22(15-13-21)27-25(26)31)23(29)28(16-19-8-4-2-5-9-19)17-20-10-6-3-7-11-20/h2-15,18H,16-17H2,1H3,(H3,26,27,31)/t18-/m0/s1. The molecule has 7 nitrogen and oxygen atoms in total. The minimum Gasteiger partial charge on any atom is -0.449 e. The Morgan fingerprint density at radius 3 is 1.81 bits per heavy atom. The summed E-state index contributed by atoms with van der Waals surface area (Å²) in [5.41, 5.74) is 7.75. The van der Waals surface area contributed by atoms with Gasteiger partial charge in [0.15, 0.2) is 6.10 Å². The molecule has 0 aliphatic heterocycles. The molecule has 0 saturated heterocycles. The van der Waals surface area contributed by atoms with Crippen LogP contribution >= 0.6 is 0 Å². The molecule has 3 amide bonds. The summed E-state index contributed by atoms with van der Waals surface area (Å²) in [5.74, 6) is -0.922. The Hall–Kier alpha value is -4.13. The average Bonchev–Trinajstić information content (AvgIpc) is 2.79. The van der Waals surface area contributed by atoms with Gasteiger partial charge in [0.2, 0.25) is 0 Å². The molecule has 7 heteroatoms. The molecule has 3 N–H and O–H groups in total. The highest BCUT2D eigenvalue weighted by Gasteiger charge is 2.25. The normalized spacial score (nSPS) is 11.3. The fraction of sp³-hybridized carbons (Fsp3) is 0.160. The van der Waals surface area contributed by atoms with E-state index in [1.54, 1.807) is 11.8 Å². The zero-order valence-electron chi connectivity index (χ0n) is 17.7. The van der Waals surface area contributed by atoms with Crippen LogP contribution in [0.25, 0.3) is 0 Å². The molecule has 164 valence electrons. The third-order valence-electron chi connectivity index (χ3n) is 4.76. The number of carbonyl (C=O) groups excluding carboxylic acids is 3. The molecule has 3 aromatic rings. The van der Waals surface area contributed by atoms with E-state index in [4.69, 9.17) is 10.5 Å². The van der Waals surface area contributed by atoms with Gasteiger partial charge in [0, 0.05) is 18.8 Å². The largest absolute Gasteiger partial charge is 0.449 e. The van der Waals surface area contributed by atoms with Crippen LogP contribution in [0.4, 0.5) is 10.5 Å². The Kier molecular flexibility index (Phi) is 7.59. The Morgan fingerprint density at radius 2 is 1.34 bits per heavy atom. The number of amides is 3. The molecule has 0 bridgehead atoms. The van der Waals surface area contributed by atoms with Crippen molar-refractivity contribution < 1.29 is 19.1 Å². The summed E-state index contributed by atoms with van der Waals surface area (Å²) in [6, 6.07) is 24.7. The number of ether oxygens (including phenoxy) is 1. The maximum Gasteiger partial charge on any atom is 0.338 e. The quantitative estimate of drug-likeness (QED) is 0.527. The molecule has 0 spiro atoms. The predicted molar refractivity (Wildman–Crippen MR) is 122 cm³/mol. The number of carbonyl (C=O) groups is 3. The number of esters is 1. The van der Waals surface area contributed by atoms with Crippen molar-refractivity contribution in [1.29, 1.82) is 0 Å². The van der Waals surface area contributed by atoms with E-state index in [2.05, 4.69) is 5.32 Å². The van der Waals surface area contributed by atoms with Gasteiger partial charge in [-0.2, -0.15) is 0 Å². The van der Waals surface area contributed by atoms with E-state index in [0.717, 1.165) is 11.1 Å². The van der Waals surface area contributed by atoms with E-state index in [0.29, 0.717) is 18.8 Å². The lowest BCUT2D eigenvalue weighted by atomic mass is 10.1. The second kappa shape index (κ2) is 10.8. The van der Waals surface area contributed by atoms with Crippen LogP contribution in [-0.4, -0.2) is 28.9 Å². The predicted octanol–water partition coefficient (Wildman–Crippen LogP) is 3.95. The van der Waals surface area contributed by atoms with E-state index in [1.165, 1.54) is 24.3 Å². The van der Waals surface area contributed by atoms with Crippen molar-refractivity contribution >= 4 is 23.6 Å². The summed E-state index contributed by atoms with van der Waals surface area (Å²) >= 11 is 0. The lowest BCUT2D eigenvalue weighted by molar-refractivity contribution is -0.141. The van der Waals surface area contributed by atoms with Gasteiger partial charge in [0.1, 0.15) is 0 Å². The molecule has 0 aromatic heterocycles. The van der Waals surface area contributed by atoms with E-state index in [9.17, 15) is 14.4 Å². The molecule has 0 fully saturated rings. The van der Waals surface area contributed by atoms with Crippen molar-refractivity contribution in [3.8, 4) is 0 Å². The fourth-order valence-electron chi connectivity index (χ4n) is 3.19. The van der Waals surface area contributed by atoms with E-state index < -0.39 is 18.1 Å². The maximum absolute atomic E-state index is 13.2. The first-order chi connectivity index (χ1) is 15.4. The molecule has 0 unspecified atom stereocenters. The number of urea groups is 1. The molecular weight excluding hydrogens is 406 g/mol. The summed E-state index contributed by atoms with van der Waals surface area (Å²) in [7, 11) is 0. The fourth-order valence-corrected chi connectivity index (χ4v) is 3.19. The van der Waals surface area contributed by atoms with Crippen molar-refractivity contribution in [3.63, 3.8) is 0 Å². The summed E-state index contributed by atoms with van der Waals surface area (Å²) in [5, 5.41) is 2.42. The maximum atomic E-state index is 13.2. The van der Waals surface area contributed by atoms with Gasteiger partial charge >= 0.3 is 12.0 Å². The molecule has 3 aromatic carbocycles. The van der Waals surface area contributed by atoms with Crippen LogP contribution < -0.4 is 11.1 Å². The average molecular weight is 431 g/mol. The third-order valence-corrected chi connectivity index (χ3v) is 4.76. The van der Waals surface area contributed by atoms with Gasteiger partial charge in [0.05, 0.1) is 5.56 Å². The zero-order valence-corrected chi connectivity index (χ0v) is 17.7. The highest BCUT2D eigenvalue weighted by molar-refractivity contribution is 5.93. The zero-order chi connectivity index (χ0) is 22.9. The Labute approximate surface area is 186 Å². The number of hydrogen-bond acceptors (Lipinski definition) is 4. The minimum absolute atomic E-state index is 0.261. The summed E-state index contributed by atoms with van der Waals surface area (Å²) < 4.78 is 5.43. The van der Waals surface area contributed by atoms with Crippen molar-refractivity contribution in [2.24, 2.45) is 5.73 Å². The number of hydrogen-bond donors (Lipinski definition) is 2. The summed E-state index contributed by atoms with van der Waals surface area (Å²) in [6.07, 6.45) is -0.974. The van der Waals surface area contributed by atoms with Gasteiger partial charge in [-0.05, 0) is 42.3 Å². The lowest BCUT2D eigenvalue weighted by Gasteiger charge is -2.26. The molecule has 0 heterocycles. The van der Waals surface area contributed by atoms with Crippen LogP contribution in [0, 0.1) is 0 Å². The number of nitrogens with two attached hydrogens (primary N) is 1. The van der Waals surface area contributed by atoms with Crippen molar-refractivity contribution in [2.75, 3.05) is 5.32 Å². The Bertz CT molecular complexity index is 1010. The number of primary amides is 1. The first-order valence-electron chi connectivity index (χ1n) is 10.2. The van der Waals surface area contributed by atoms with Crippen LogP contribution in [0.3, 0.4) is 0 Å². The lowest BCUT2D eigenvalue weighted by Crippen LogP contribution is -2.39. The number of benzene rings is 3.